The first kappa shape index (κ1) is 14.3. The Labute approximate surface area is 122 Å². The van der Waals surface area contributed by atoms with Crippen LogP contribution in [0.15, 0.2) is 4.99 Å². The molecule has 3 rings (SSSR count). The number of aliphatic imine (C=N–C) groups is 1. The van der Waals surface area contributed by atoms with Crippen LogP contribution >= 0.6 is 11.8 Å². The molecule has 1 aliphatic heterocycles. The summed E-state index contributed by atoms with van der Waals surface area (Å²) in [6.07, 6.45) is 1.06. The highest BCUT2D eigenvalue weighted by Gasteiger charge is 2.57. The molecular formula is C14H20F2N2OS. The zero-order chi connectivity index (χ0) is 14.7. The smallest absolute Gasteiger partial charge is 0.264 e. The molecule has 3 aliphatic rings. The number of amidine groups is 1. The fourth-order valence-electron chi connectivity index (χ4n) is 3.44. The monoisotopic (exact) mass is 302 g/mol. The summed E-state index contributed by atoms with van der Waals surface area (Å²) in [5.41, 5.74) is 0. The molecule has 20 heavy (non-hydrogen) atoms. The minimum atomic E-state index is -2.49. The molecule has 4 unspecified atom stereocenters. The van der Waals surface area contributed by atoms with Gasteiger partial charge in [0, 0.05) is 18.4 Å². The molecule has 3 nitrogen and oxygen atoms in total. The largest absolute Gasteiger partial charge is 0.361 e. The lowest BCUT2D eigenvalue weighted by molar-refractivity contribution is -0.120. The average molecular weight is 302 g/mol. The molecule has 1 amide bonds. The molecule has 112 valence electrons. The van der Waals surface area contributed by atoms with Crippen LogP contribution in [0.5, 0.6) is 0 Å². The summed E-state index contributed by atoms with van der Waals surface area (Å²) >= 11 is 1.45. The van der Waals surface area contributed by atoms with E-state index in [1.807, 2.05) is 20.8 Å². The molecule has 2 aliphatic carbocycles. The average Bonchev–Trinajstić information content (AvgIpc) is 2.91. The summed E-state index contributed by atoms with van der Waals surface area (Å²) in [4.78, 5) is 16.1. The maximum absolute atomic E-state index is 13.5. The molecule has 0 saturated heterocycles. The second-order valence-electron chi connectivity index (χ2n) is 6.73. The number of rotatable bonds is 2. The summed E-state index contributed by atoms with van der Waals surface area (Å²) in [5.74, 6) is -2.90. The van der Waals surface area contributed by atoms with E-state index in [1.54, 1.807) is 0 Å². The van der Waals surface area contributed by atoms with Crippen LogP contribution in [-0.2, 0) is 4.79 Å². The highest BCUT2D eigenvalue weighted by atomic mass is 32.2. The van der Waals surface area contributed by atoms with Gasteiger partial charge in [-0.1, -0.05) is 25.6 Å². The van der Waals surface area contributed by atoms with Gasteiger partial charge >= 0.3 is 0 Å². The number of carbonyl (C=O) groups is 1. The third-order valence-corrected chi connectivity index (χ3v) is 6.65. The van der Waals surface area contributed by atoms with Crippen molar-refractivity contribution in [2.45, 2.75) is 56.7 Å². The van der Waals surface area contributed by atoms with Gasteiger partial charge in [0.05, 0.1) is 0 Å². The number of alkyl halides is 2. The molecular weight excluding hydrogens is 282 g/mol. The van der Waals surface area contributed by atoms with E-state index in [0.29, 0.717) is 18.0 Å². The van der Waals surface area contributed by atoms with Gasteiger partial charge in [0.2, 0.25) is 0 Å². The van der Waals surface area contributed by atoms with Crippen LogP contribution in [-0.4, -0.2) is 27.8 Å². The number of amides is 1. The van der Waals surface area contributed by atoms with Crippen molar-refractivity contribution in [1.82, 2.24) is 5.32 Å². The lowest BCUT2D eigenvalue weighted by Crippen LogP contribution is -2.41. The Bertz CT molecular complexity index is 480. The highest BCUT2D eigenvalue weighted by molar-refractivity contribution is 8.16. The Morgan fingerprint density at radius 2 is 2.10 bits per heavy atom. The van der Waals surface area contributed by atoms with Gasteiger partial charge < -0.3 is 5.32 Å². The molecule has 2 fully saturated rings. The number of nitrogens with zero attached hydrogens (tertiary/aromatic N) is 1. The number of hydrogen-bond acceptors (Lipinski definition) is 3. The minimum absolute atomic E-state index is 0.0132. The molecule has 2 bridgehead atoms. The first-order chi connectivity index (χ1) is 9.22. The normalized spacial score (nSPS) is 42.4. The summed E-state index contributed by atoms with van der Waals surface area (Å²) in [7, 11) is 0. The van der Waals surface area contributed by atoms with Gasteiger partial charge in [-0.3, -0.25) is 4.79 Å². The van der Waals surface area contributed by atoms with E-state index in [9.17, 15) is 13.6 Å². The van der Waals surface area contributed by atoms with Crippen molar-refractivity contribution in [3.05, 3.63) is 0 Å². The second-order valence-corrected chi connectivity index (χ2v) is 8.17. The van der Waals surface area contributed by atoms with E-state index in [2.05, 4.69) is 10.3 Å². The summed E-state index contributed by atoms with van der Waals surface area (Å²) in [6.45, 7) is 5.90. The van der Waals surface area contributed by atoms with Crippen LogP contribution in [0.2, 0.25) is 0 Å². The van der Waals surface area contributed by atoms with E-state index in [-0.39, 0.29) is 30.2 Å². The summed E-state index contributed by atoms with van der Waals surface area (Å²) < 4.78 is 26.5. The van der Waals surface area contributed by atoms with Crippen molar-refractivity contribution in [2.24, 2.45) is 22.7 Å². The third-order valence-electron chi connectivity index (χ3n) is 5.17. The van der Waals surface area contributed by atoms with Crippen LogP contribution in [0.1, 0.15) is 40.0 Å². The van der Waals surface area contributed by atoms with Crippen molar-refractivity contribution in [1.29, 1.82) is 0 Å². The minimum Gasteiger partial charge on any atom is -0.361 e. The van der Waals surface area contributed by atoms with E-state index >= 15 is 0 Å². The van der Waals surface area contributed by atoms with Crippen molar-refractivity contribution in [3.8, 4) is 0 Å². The molecule has 0 aromatic carbocycles. The zero-order valence-corrected chi connectivity index (χ0v) is 12.8. The summed E-state index contributed by atoms with van der Waals surface area (Å²) in [5, 5.41) is 3.86. The Balaban J connectivity index is 1.65. The maximum atomic E-state index is 13.5. The number of fused-ring (bicyclic) bond motifs is 2. The molecule has 1 N–H and O–H groups in total. The van der Waals surface area contributed by atoms with Gasteiger partial charge in [-0.15, -0.1) is 0 Å². The number of halogens is 2. The van der Waals surface area contributed by atoms with E-state index in [1.165, 1.54) is 11.8 Å². The lowest BCUT2D eigenvalue weighted by atomic mass is 9.92. The Kier molecular flexibility index (Phi) is 3.16. The molecule has 0 spiro atoms. The van der Waals surface area contributed by atoms with Crippen molar-refractivity contribution >= 4 is 22.8 Å². The quantitative estimate of drug-likeness (QED) is 0.852. The molecule has 4 atom stereocenters. The Hall–Kier alpha value is -0.650. The number of carbonyl (C=O) groups excluding carboxylic acids is 1. The molecule has 0 radical (unpaired) electrons. The fraction of sp³-hybridized carbons (Fsp3) is 0.857. The number of nitrogens with one attached hydrogen (secondary N) is 1. The molecule has 0 aromatic rings. The van der Waals surface area contributed by atoms with Crippen LogP contribution in [0, 0.1) is 17.8 Å². The van der Waals surface area contributed by atoms with Gasteiger partial charge in [-0.25, -0.2) is 8.78 Å². The van der Waals surface area contributed by atoms with Gasteiger partial charge in [0.25, 0.3) is 11.8 Å². The molecule has 6 heteroatoms. The van der Waals surface area contributed by atoms with Gasteiger partial charge in [-0.2, -0.15) is 4.99 Å². The summed E-state index contributed by atoms with van der Waals surface area (Å²) in [6, 6.07) is 0.0492. The first-order valence-electron chi connectivity index (χ1n) is 7.19. The van der Waals surface area contributed by atoms with Crippen LogP contribution < -0.4 is 5.32 Å². The molecule has 2 saturated carbocycles. The topological polar surface area (TPSA) is 41.5 Å². The first-order valence-corrected chi connectivity index (χ1v) is 8.00. The standard InChI is InChI=1S/C14H20F2N2OS/c1-7(2)13(3)11(19)18-12(20-13)17-10-5-9-4-8(10)6-14(9,15)16/h7-10H,4-6H2,1-3H3,(H,17,18,19). The van der Waals surface area contributed by atoms with Crippen LogP contribution in [0.3, 0.4) is 0 Å². The molecule has 0 aromatic heterocycles. The van der Waals surface area contributed by atoms with E-state index in [0.717, 1.165) is 0 Å². The Morgan fingerprint density at radius 3 is 2.55 bits per heavy atom. The Morgan fingerprint density at radius 1 is 1.40 bits per heavy atom. The number of hydrogen-bond donors (Lipinski definition) is 1. The van der Waals surface area contributed by atoms with E-state index < -0.39 is 16.6 Å². The van der Waals surface area contributed by atoms with Gasteiger partial charge in [-0.05, 0) is 31.6 Å². The van der Waals surface area contributed by atoms with Gasteiger partial charge in [0.15, 0.2) is 5.17 Å². The fourth-order valence-corrected chi connectivity index (χ4v) is 4.55. The SMILES string of the molecule is CC(C)C1(C)SC(NC2CC3CC2CC3(F)F)=NC1=O. The van der Waals surface area contributed by atoms with Crippen molar-refractivity contribution < 1.29 is 13.6 Å². The third kappa shape index (κ3) is 2.07. The van der Waals surface area contributed by atoms with Crippen molar-refractivity contribution in [2.75, 3.05) is 0 Å². The number of thioether (sulfide) groups is 1. The van der Waals surface area contributed by atoms with Crippen molar-refractivity contribution in [3.63, 3.8) is 0 Å². The van der Waals surface area contributed by atoms with Crippen LogP contribution in [0.4, 0.5) is 8.78 Å². The molecule has 1 heterocycles. The predicted molar refractivity (Wildman–Crippen MR) is 76.0 cm³/mol. The lowest BCUT2D eigenvalue weighted by Gasteiger charge is -2.29. The zero-order valence-electron chi connectivity index (χ0n) is 12.0. The highest BCUT2D eigenvalue weighted by Crippen LogP contribution is 2.54. The second kappa shape index (κ2) is 4.42. The maximum Gasteiger partial charge on any atom is 0.264 e. The predicted octanol–water partition coefficient (Wildman–Crippen LogP) is 3.05. The van der Waals surface area contributed by atoms with E-state index in [4.69, 9.17) is 0 Å². The van der Waals surface area contributed by atoms with Gasteiger partial charge in [0.1, 0.15) is 4.75 Å². The van der Waals surface area contributed by atoms with Crippen LogP contribution in [0.25, 0.3) is 0 Å².